The molecule has 0 bridgehead atoms. The molecule has 2 atom stereocenters. The number of aliphatic hydroxyl groups excluding tert-OH is 1. The summed E-state index contributed by atoms with van der Waals surface area (Å²) in [4.78, 5) is 61.5. The molecule has 2 heterocycles. The van der Waals surface area contributed by atoms with Gasteiger partial charge in [-0.1, -0.05) is 13.8 Å². The topological polar surface area (TPSA) is 150 Å². The number of hydrogen-bond acceptors (Lipinski definition) is 10. The number of Topliss-reactive ketones (excluding diaryl/α,β-unsaturated/α-hetero) is 1. The number of aromatic nitrogens is 1. The summed E-state index contributed by atoms with van der Waals surface area (Å²) in [6, 6.07) is 4.29. The normalized spacial score (nSPS) is 19.2. The highest BCUT2D eigenvalue weighted by Gasteiger charge is 2.38. The quantitative estimate of drug-likeness (QED) is 0.418. The minimum atomic E-state index is -0.964. The predicted molar refractivity (Wildman–Crippen MR) is 167 cm³/mol. The number of hydrogen-bond donors (Lipinski definition) is 2. The molecule has 0 spiro atoms. The molecule has 2 amide bonds. The van der Waals surface area contributed by atoms with Crippen LogP contribution in [0.2, 0.25) is 0 Å². The summed E-state index contributed by atoms with van der Waals surface area (Å²) in [5.74, 6) is -0.555. The van der Waals surface area contributed by atoms with Gasteiger partial charge < -0.3 is 24.7 Å². The zero-order valence-corrected chi connectivity index (χ0v) is 26.9. The van der Waals surface area contributed by atoms with Crippen LogP contribution in [0.3, 0.4) is 0 Å². The number of nitrogens with zero attached hydrogens (tertiary/aromatic N) is 4. The van der Waals surface area contributed by atoms with Crippen LogP contribution in [0.5, 0.6) is 5.75 Å². The molecule has 4 rings (SSSR count). The number of allylic oxidation sites excluding steroid dienone is 2. The molecule has 2 N–H and O–H groups in total. The number of likely N-dealkylation sites (N-methyl/N-ethyl adjacent to an activating group) is 2. The minimum Gasteiger partial charge on any atom is -0.480 e. The van der Waals surface area contributed by atoms with Gasteiger partial charge in [0, 0.05) is 45.4 Å². The summed E-state index contributed by atoms with van der Waals surface area (Å²) in [6.45, 7) is 9.31. The molecule has 0 saturated heterocycles. The van der Waals surface area contributed by atoms with Crippen LogP contribution in [0.25, 0.3) is 10.2 Å². The number of carboxylic acid groups (broad SMARTS) is 1. The van der Waals surface area contributed by atoms with Gasteiger partial charge in [-0.05, 0) is 60.6 Å². The molecule has 13 heteroatoms. The van der Waals surface area contributed by atoms with Crippen molar-refractivity contribution in [2.24, 2.45) is 10.4 Å². The number of rotatable bonds is 9. The van der Waals surface area contributed by atoms with Crippen molar-refractivity contribution in [3.63, 3.8) is 0 Å². The molecule has 11 nitrogen and oxygen atoms in total. The van der Waals surface area contributed by atoms with Crippen molar-refractivity contribution in [2.45, 2.75) is 53.2 Å². The maximum absolute atomic E-state index is 13.1. The predicted octanol–water partition coefficient (Wildman–Crippen LogP) is 4.14. The van der Waals surface area contributed by atoms with Gasteiger partial charge in [0.2, 0.25) is 5.91 Å². The van der Waals surface area contributed by atoms with Crippen molar-refractivity contribution in [1.82, 2.24) is 14.8 Å². The van der Waals surface area contributed by atoms with E-state index in [2.05, 4.69) is 9.98 Å². The van der Waals surface area contributed by atoms with Crippen molar-refractivity contribution >= 4 is 62.1 Å². The molecule has 1 aliphatic carbocycles. The molecule has 0 fully saturated rings. The number of fused-ring (bicyclic) bond motifs is 1. The summed E-state index contributed by atoms with van der Waals surface area (Å²) in [6.07, 6.45) is -1.42. The molecule has 2 aliphatic rings. The number of amides is 2. The molecular formula is C30H36N4O7S2. The van der Waals surface area contributed by atoms with Gasteiger partial charge >= 0.3 is 12.1 Å². The lowest BCUT2D eigenvalue weighted by molar-refractivity contribution is -0.137. The van der Waals surface area contributed by atoms with E-state index in [0.717, 1.165) is 4.70 Å². The summed E-state index contributed by atoms with van der Waals surface area (Å²) in [5.41, 5.74) is 2.11. The zero-order chi connectivity index (χ0) is 31.8. The van der Waals surface area contributed by atoms with Crippen molar-refractivity contribution < 1.29 is 34.1 Å². The number of benzene rings is 1. The van der Waals surface area contributed by atoms with Gasteiger partial charge in [0.1, 0.15) is 15.8 Å². The number of carbonyl (C=O) groups excluding carboxylic acids is 3. The lowest BCUT2D eigenvalue weighted by Crippen LogP contribution is -2.41. The maximum Gasteiger partial charge on any atom is 0.415 e. The van der Waals surface area contributed by atoms with Gasteiger partial charge in [-0.3, -0.25) is 14.6 Å². The lowest BCUT2D eigenvalue weighted by Gasteiger charge is -2.37. The SMILES string of the molecule is CC1=C(C)C(O)C(C(C)(C)CC(=O)N(C)CCN(C)C(=O)Oc2ccc3nc(C4=N[C@@H](C(=O)O)CS4)sc3c2)=C(C)C1=O. The van der Waals surface area contributed by atoms with Gasteiger partial charge in [0.25, 0.3) is 0 Å². The van der Waals surface area contributed by atoms with Crippen LogP contribution < -0.4 is 4.74 Å². The van der Waals surface area contributed by atoms with E-state index in [0.29, 0.717) is 49.4 Å². The third kappa shape index (κ3) is 6.84. The smallest absolute Gasteiger partial charge is 0.415 e. The number of aliphatic carboxylic acids is 1. The summed E-state index contributed by atoms with van der Waals surface area (Å²) in [5, 5.41) is 21.3. The van der Waals surface area contributed by atoms with Crippen LogP contribution in [-0.4, -0.2) is 98.9 Å². The van der Waals surface area contributed by atoms with E-state index in [1.165, 1.54) is 32.9 Å². The highest BCUT2D eigenvalue weighted by atomic mass is 32.2. The van der Waals surface area contributed by atoms with Crippen molar-refractivity contribution in [3.05, 3.63) is 45.5 Å². The number of ketones is 1. The maximum atomic E-state index is 13.1. The van der Waals surface area contributed by atoms with Crippen molar-refractivity contribution in [2.75, 3.05) is 32.9 Å². The number of aliphatic hydroxyl groups is 1. The van der Waals surface area contributed by atoms with E-state index >= 15 is 0 Å². The van der Waals surface area contributed by atoms with E-state index in [4.69, 9.17) is 4.74 Å². The fourth-order valence-corrected chi connectivity index (χ4v) is 7.16. The largest absolute Gasteiger partial charge is 0.480 e. The Morgan fingerprint density at radius 3 is 2.42 bits per heavy atom. The van der Waals surface area contributed by atoms with E-state index in [1.54, 1.807) is 53.1 Å². The molecule has 1 aromatic carbocycles. The number of ether oxygens (including phenoxy) is 1. The Balaban J connectivity index is 1.33. The monoisotopic (exact) mass is 628 g/mol. The van der Waals surface area contributed by atoms with Crippen molar-refractivity contribution in [1.29, 1.82) is 0 Å². The Kier molecular flexibility index (Phi) is 9.48. The number of aliphatic imine (C=N–C) groups is 1. The molecule has 0 radical (unpaired) electrons. The first-order valence-corrected chi connectivity index (χ1v) is 15.5. The third-order valence-electron chi connectivity index (χ3n) is 7.87. The van der Waals surface area contributed by atoms with Gasteiger partial charge in [0.05, 0.1) is 16.3 Å². The van der Waals surface area contributed by atoms with Crippen LogP contribution >= 0.6 is 23.1 Å². The Bertz CT molecular complexity index is 1590. The fourth-order valence-electron chi connectivity index (χ4n) is 5.07. The minimum absolute atomic E-state index is 0.0831. The first-order valence-electron chi connectivity index (χ1n) is 13.7. The second-order valence-corrected chi connectivity index (χ2v) is 13.5. The number of carbonyl (C=O) groups is 4. The highest BCUT2D eigenvalue weighted by molar-refractivity contribution is 8.15. The molecule has 1 aromatic heterocycles. The second kappa shape index (κ2) is 12.6. The Morgan fingerprint density at radius 1 is 1.09 bits per heavy atom. The number of carboxylic acids is 1. The third-order valence-corrected chi connectivity index (χ3v) is 10.1. The van der Waals surface area contributed by atoms with Gasteiger partial charge in [-0.15, -0.1) is 23.1 Å². The molecule has 1 aliphatic heterocycles. The first kappa shape index (κ1) is 32.4. The number of thioether (sulfide) groups is 1. The molecule has 1 unspecified atom stereocenters. The molecule has 0 saturated carbocycles. The standard InChI is InChI=1S/C30H36N4O7S2/c1-15-16(2)25(37)23(17(3)24(15)36)30(4,5)13-22(35)33(6)10-11-34(7)29(40)41-18-8-9-19-21(12-18)43-27(31-19)26-32-20(14-42-26)28(38)39/h8-9,12,20,25,37H,10-11,13-14H2,1-7H3,(H,38,39)/t20-,25?/m1/s1. The van der Waals surface area contributed by atoms with Crippen LogP contribution in [-0.2, 0) is 14.4 Å². The lowest BCUT2D eigenvalue weighted by atomic mass is 9.70. The molecule has 2 aromatic rings. The molecule has 230 valence electrons. The van der Waals surface area contributed by atoms with E-state index in [-0.39, 0.29) is 31.2 Å². The summed E-state index contributed by atoms with van der Waals surface area (Å²) in [7, 11) is 3.23. The van der Waals surface area contributed by atoms with E-state index in [9.17, 15) is 29.4 Å². The highest BCUT2D eigenvalue weighted by Crippen LogP contribution is 2.41. The number of thiazole rings is 1. The Hall–Kier alpha value is -3.55. The molecule has 43 heavy (non-hydrogen) atoms. The average molecular weight is 629 g/mol. The second-order valence-electron chi connectivity index (χ2n) is 11.5. The first-order chi connectivity index (χ1) is 20.1. The van der Waals surface area contributed by atoms with Gasteiger partial charge in [0.15, 0.2) is 11.8 Å². The van der Waals surface area contributed by atoms with Crippen LogP contribution in [0, 0.1) is 5.41 Å². The van der Waals surface area contributed by atoms with Crippen LogP contribution in [0.15, 0.2) is 45.5 Å². The Labute approximate surface area is 258 Å². The average Bonchev–Trinajstić information content (AvgIpc) is 3.60. The van der Waals surface area contributed by atoms with E-state index < -0.39 is 29.6 Å². The fraction of sp³-hybridized carbons (Fsp3) is 0.467. The Morgan fingerprint density at radius 2 is 1.77 bits per heavy atom. The molecular weight excluding hydrogens is 592 g/mol. The van der Waals surface area contributed by atoms with Gasteiger partial charge in [-0.25, -0.2) is 14.6 Å². The summed E-state index contributed by atoms with van der Waals surface area (Å²) >= 11 is 2.70. The van der Waals surface area contributed by atoms with Crippen LogP contribution in [0.4, 0.5) is 4.79 Å². The summed E-state index contributed by atoms with van der Waals surface area (Å²) < 4.78 is 6.32. The van der Waals surface area contributed by atoms with E-state index in [1.807, 2.05) is 13.8 Å². The van der Waals surface area contributed by atoms with Crippen LogP contribution in [0.1, 0.15) is 46.0 Å². The van der Waals surface area contributed by atoms with Gasteiger partial charge in [-0.2, -0.15) is 0 Å². The van der Waals surface area contributed by atoms with Crippen molar-refractivity contribution in [3.8, 4) is 5.75 Å². The zero-order valence-electron chi connectivity index (χ0n) is 25.3.